The lowest BCUT2D eigenvalue weighted by Gasteiger charge is -2.37. The van der Waals surface area contributed by atoms with E-state index in [4.69, 9.17) is 5.73 Å². The number of rotatable bonds is 3. The Balaban J connectivity index is 2.38. The van der Waals surface area contributed by atoms with Gasteiger partial charge in [0.2, 0.25) is 10.0 Å². The van der Waals surface area contributed by atoms with Crippen molar-refractivity contribution in [1.82, 2.24) is 4.31 Å². The summed E-state index contributed by atoms with van der Waals surface area (Å²) in [6.45, 7) is 6.93. The van der Waals surface area contributed by atoms with E-state index >= 15 is 0 Å². The maximum Gasteiger partial charge on any atom is 0.243 e. The molecule has 0 radical (unpaired) electrons. The zero-order chi connectivity index (χ0) is 14.9. The topological polar surface area (TPSA) is 63.4 Å². The summed E-state index contributed by atoms with van der Waals surface area (Å²) >= 11 is 0. The zero-order valence-electron chi connectivity index (χ0n) is 12.5. The molecule has 20 heavy (non-hydrogen) atoms. The fraction of sp³-hybridized carbons (Fsp3) is 0.600. The van der Waals surface area contributed by atoms with E-state index in [0.29, 0.717) is 23.9 Å². The largest absolute Gasteiger partial charge is 0.329 e. The molecule has 1 aromatic rings. The van der Waals surface area contributed by atoms with Gasteiger partial charge in [0.15, 0.2) is 0 Å². The molecule has 1 aliphatic rings. The summed E-state index contributed by atoms with van der Waals surface area (Å²) in [6.07, 6.45) is 1.75. The van der Waals surface area contributed by atoms with Gasteiger partial charge in [-0.2, -0.15) is 4.31 Å². The van der Waals surface area contributed by atoms with E-state index in [1.807, 2.05) is 26.0 Å². The Kier molecular flexibility index (Phi) is 4.52. The van der Waals surface area contributed by atoms with E-state index in [-0.39, 0.29) is 6.04 Å². The van der Waals surface area contributed by atoms with Crippen LogP contribution in [0.5, 0.6) is 0 Å². The van der Waals surface area contributed by atoms with Crippen LogP contribution >= 0.6 is 0 Å². The summed E-state index contributed by atoms with van der Waals surface area (Å²) in [5.41, 5.74) is 7.66. The molecule has 2 unspecified atom stereocenters. The van der Waals surface area contributed by atoms with Crippen molar-refractivity contribution in [3.63, 3.8) is 0 Å². The van der Waals surface area contributed by atoms with Crippen LogP contribution in [0.25, 0.3) is 0 Å². The molecule has 112 valence electrons. The van der Waals surface area contributed by atoms with Crippen LogP contribution in [0.2, 0.25) is 0 Å². The molecule has 5 heteroatoms. The van der Waals surface area contributed by atoms with Crippen LogP contribution < -0.4 is 5.73 Å². The molecular formula is C15H24N2O2S. The number of hydrogen-bond acceptors (Lipinski definition) is 3. The van der Waals surface area contributed by atoms with Crippen LogP contribution in [-0.4, -0.2) is 31.9 Å². The molecule has 1 saturated heterocycles. The van der Waals surface area contributed by atoms with E-state index in [0.717, 1.165) is 24.0 Å². The minimum Gasteiger partial charge on any atom is -0.329 e. The smallest absolute Gasteiger partial charge is 0.243 e. The molecule has 0 aliphatic carbocycles. The van der Waals surface area contributed by atoms with Crippen molar-refractivity contribution in [2.45, 2.75) is 44.6 Å². The highest BCUT2D eigenvalue weighted by atomic mass is 32.2. The summed E-state index contributed by atoms with van der Waals surface area (Å²) < 4.78 is 27.3. The van der Waals surface area contributed by atoms with E-state index < -0.39 is 10.0 Å². The van der Waals surface area contributed by atoms with E-state index in [9.17, 15) is 8.42 Å². The van der Waals surface area contributed by atoms with Gasteiger partial charge < -0.3 is 5.73 Å². The fourth-order valence-electron chi connectivity index (χ4n) is 2.98. The van der Waals surface area contributed by atoms with Gasteiger partial charge in [0.25, 0.3) is 0 Å². The first-order chi connectivity index (χ1) is 9.36. The zero-order valence-corrected chi connectivity index (χ0v) is 13.3. The minimum atomic E-state index is -3.44. The Bertz CT molecular complexity index is 584. The number of nitrogens with zero attached hydrogens (tertiary/aromatic N) is 1. The number of aryl methyl sites for hydroxylation is 2. The van der Waals surface area contributed by atoms with Crippen molar-refractivity contribution < 1.29 is 8.42 Å². The molecule has 1 fully saturated rings. The standard InChI is InChI=1S/C15H24N2O2S/c1-11-4-5-15(13(3)8-11)20(18,19)17-7-6-12(2)9-14(17)10-16/h4-5,8,12,14H,6-7,9-10,16H2,1-3H3. The van der Waals surface area contributed by atoms with Gasteiger partial charge in [-0.05, 0) is 44.2 Å². The Hall–Kier alpha value is -0.910. The third kappa shape index (κ3) is 2.90. The van der Waals surface area contributed by atoms with Gasteiger partial charge in [-0.25, -0.2) is 8.42 Å². The second kappa shape index (κ2) is 5.84. The van der Waals surface area contributed by atoms with Gasteiger partial charge in [0.05, 0.1) is 4.90 Å². The minimum absolute atomic E-state index is 0.0792. The quantitative estimate of drug-likeness (QED) is 0.928. The van der Waals surface area contributed by atoms with Crippen LogP contribution in [0.4, 0.5) is 0 Å². The average Bonchev–Trinajstić information content (AvgIpc) is 2.37. The molecular weight excluding hydrogens is 272 g/mol. The molecule has 1 heterocycles. The number of sulfonamides is 1. The van der Waals surface area contributed by atoms with Crippen molar-refractivity contribution in [2.24, 2.45) is 11.7 Å². The highest BCUT2D eigenvalue weighted by Crippen LogP contribution is 2.29. The summed E-state index contributed by atoms with van der Waals surface area (Å²) in [5.74, 6) is 0.536. The van der Waals surface area contributed by atoms with Gasteiger partial charge in [0.1, 0.15) is 0 Å². The summed E-state index contributed by atoms with van der Waals surface area (Å²) in [5, 5.41) is 0. The number of hydrogen-bond donors (Lipinski definition) is 1. The van der Waals surface area contributed by atoms with Crippen molar-refractivity contribution in [1.29, 1.82) is 0 Å². The normalized spacial score (nSPS) is 24.8. The maximum absolute atomic E-state index is 12.9. The molecule has 0 spiro atoms. The SMILES string of the molecule is Cc1ccc(S(=O)(=O)N2CCC(C)CC2CN)c(C)c1. The lowest BCUT2D eigenvalue weighted by molar-refractivity contribution is 0.211. The predicted octanol–water partition coefficient (Wildman–Crippen LogP) is 2.05. The average molecular weight is 296 g/mol. The first-order valence-corrected chi connectivity index (χ1v) is 8.59. The van der Waals surface area contributed by atoms with Gasteiger partial charge in [-0.1, -0.05) is 24.6 Å². The highest BCUT2D eigenvalue weighted by Gasteiger charge is 2.35. The second-order valence-electron chi connectivity index (χ2n) is 5.90. The van der Waals surface area contributed by atoms with E-state index in [1.165, 1.54) is 0 Å². The molecule has 0 bridgehead atoms. The predicted molar refractivity (Wildman–Crippen MR) is 81.0 cm³/mol. The second-order valence-corrected chi connectivity index (χ2v) is 7.76. The van der Waals surface area contributed by atoms with Gasteiger partial charge >= 0.3 is 0 Å². The van der Waals surface area contributed by atoms with Gasteiger partial charge in [0, 0.05) is 19.1 Å². The van der Waals surface area contributed by atoms with Crippen LogP contribution in [0.15, 0.2) is 23.1 Å². The Labute approximate surface area is 122 Å². The van der Waals surface area contributed by atoms with Crippen molar-refractivity contribution >= 4 is 10.0 Å². The molecule has 1 aliphatic heterocycles. The molecule has 0 saturated carbocycles. The van der Waals surface area contributed by atoms with Gasteiger partial charge in [-0.15, -0.1) is 0 Å². The molecule has 2 atom stereocenters. The molecule has 0 amide bonds. The van der Waals surface area contributed by atoms with Crippen LogP contribution in [0.1, 0.15) is 30.9 Å². The number of nitrogens with two attached hydrogens (primary N) is 1. The van der Waals surface area contributed by atoms with Crippen LogP contribution in [0, 0.1) is 19.8 Å². The number of benzene rings is 1. The Morgan fingerprint density at radius 2 is 2.05 bits per heavy atom. The van der Waals surface area contributed by atoms with Crippen molar-refractivity contribution in [2.75, 3.05) is 13.1 Å². The molecule has 0 aromatic heterocycles. The van der Waals surface area contributed by atoms with E-state index in [1.54, 1.807) is 10.4 Å². The Morgan fingerprint density at radius 1 is 1.35 bits per heavy atom. The third-order valence-corrected chi connectivity index (χ3v) is 6.23. The first kappa shape index (κ1) is 15.5. The maximum atomic E-state index is 12.9. The monoisotopic (exact) mass is 296 g/mol. The van der Waals surface area contributed by atoms with Crippen molar-refractivity contribution in [3.8, 4) is 0 Å². The third-order valence-electron chi connectivity index (χ3n) is 4.11. The molecule has 2 rings (SSSR count). The van der Waals surface area contributed by atoms with E-state index in [2.05, 4.69) is 6.92 Å². The summed E-state index contributed by atoms with van der Waals surface area (Å²) in [6, 6.07) is 5.40. The molecule has 4 nitrogen and oxygen atoms in total. The molecule has 1 aromatic carbocycles. The lowest BCUT2D eigenvalue weighted by atomic mass is 9.94. The van der Waals surface area contributed by atoms with Crippen molar-refractivity contribution in [3.05, 3.63) is 29.3 Å². The molecule has 2 N–H and O–H groups in total. The summed E-state index contributed by atoms with van der Waals surface area (Å²) in [4.78, 5) is 0.413. The number of piperidine rings is 1. The first-order valence-electron chi connectivity index (χ1n) is 7.15. The van der Waals surface area contributed by atoms with Crippen LogP contribution in [0.3, 0.4) is 0 Å². The Morgan fingerprint density at radius 3 is 2.65 bits per heavy atom. The lowest BCUT2D eigenvalue weighted by Crippen LogP contribution is -2.49. The fourth-order valence-corrected chi connectivity index (χ4v) is 4.84. The van der Waals surface area contributed by atoms with Crippen LogP contribution in [-0.2, 0) is 10.0 Å². The highest BCUT2D eigenvalue weighted by molar-refractivity contribution is 7.89. The summed E-state index contributed by atoms with van der Waals surface area (Å²) in [7, 11) is -3.44. The van der Waals surface area contributed by atoms with Gasteiger partial charge in [-0.3, -0.25) is 0 Å².